The second-order valence-electron chi connectivity index (χ2n) is 8.47. The van der Waals surface area contributed by atoms with E-state index >= 15 is 0 Å². The summed E-state index contributed by atoms with van der Waals surface area (Å²) in [7, 11) is 3.01. The molecule has 0 spiro atoms. The number of unbranched alkanes of at least 4 members (excludes halogenated alkanes) is 1. The number of amides is 2. The van der Waals surface area contributed by atoms with Gasteiger partial charge in [-0.1, -0.05) is 38.5 Å². The molecule has 2 N–H and O–H groups in total. The van der Waals surface area contributed by atoms with Crippen molar-refractivity contribution in [3.63, 3.8) is 0 Å². The number of carbonyl (C=O) groups excluding carboxylic acids is 2. The summed E-state index contributed by atoms with van der Waals surface area (Å²) < 4.78 is 11.8. The fourth-order valence-corrected chi connectivity index (χ4v) is 3.96. The molecule has 10 nitrogen and oxygen atoms in total. The summed E-state index contributed by atoms with van der Waals surface area (Å²) in [6, 6.07) is 11.7. The Morgan fingerprint density at radius 1 is 0.973 bits per heavy atom. The molecule has 0 aliphatic heterocycles. The molecular formula is C27H35N5O5. The molecule has 1 heterocycles. The maximum atomic E-state index is 13.2. The minimum absolute atomic E-state index is 0.0366. The predicted octanol–water partition coefficient (Wildman–Crippen LogP) is 2.37. The van der Waals surface area contributed by atoms with Crippen molar-refractivity contribution in [3.05, 3.63) is 58.5 Å². The van der Waals surface area contributed by atoms with Gasteiger partial charge in [0.15, 0.2) is 17.2 Å². The monoisotopic (exact) mass is 509 g/mol. The number of fused-ring (bicyclic) bond motifs is 1. The van der Waals surface area contributed by atoms with Crippen molar-refractivity contribution < 1.29 is 19.1 Å². The molecule has 1 aromatic heterocycles. The van der Waals surface area contributed by atoms with Gasteiger partial charge in [-0.2, -0.15) is 9.78 Å². The topological polar surface area (TPSA) is 115 Å². The third-order valence-electron chi connectivity index (χ3n) is 6.07. The number of carbonyl (C=O) groups is 2. The van der Waals surface area contributed by atoms with E-state index in [4.69, 9.17) is 9.47 Å². The SMILES string of the molecule is CCCCN(CC)CCNC(=O)CNC(=O)c1nn(-c2ccc(OC)c(OC)c2)c(=O)c2ccccc12. The van der Waals surface area contributed by atoms with Crippen LogP contribution in [0.3, 0.4) is 0 Å². The van der Waals surface area contributed by atoms with E-state index in [0.717, 1.165) is 37.2 Å². The van der Waals surface area contributed by atoms with Gasteiger partial charge < -0.3 is 25.0 Å². The molecule has 0 saturated heterocycles. The molecule has 10 heteroatoms. The first-order valence-electron chi connectivity index (χ1n) is 12.4. The highest BCUT2D eigenvalue weighted by atomic mass is 16.5. The van der Waals surface area contributed by atoms with Crippen molar-refractivity contribution in [1.82, 2.24) is 25.3 Å². The van der Waals surface area contributed by atoms with Gasteiger partial charge in [0, 0.05) is 24.5 Å². The Kier molecular flexibility index (Phi) is 10.0. The Hall–Kier alpha value is -3.92. The Morgan fingerprint density at radius 3 is 2.38 bits per heavy atom. The van der Waals surface area contributed by atoms with Crippen molar-refractivity contribution in [3.8, 4) is 17.2 Å². The van der Waals surface area contributed by atoms with Crippen LogP contribution in [0.5, 0.6) is 11.5 Å². The van der Waals surface area contributed by atoms with Gasteiger partial charge in [-0.3, -0.25) is 14.4 Å². The van der Waals surface area contributed by atoms with Crippen LogP contribution in [0.1, 0.15) is 37.2 Å². The quantitative estimate of drug-likeness (QED) is 0.364. The second kappa shape index (κ2) is 13.4. The summed E-state index contributed by atoms with van der Waals surface area (Å²) in [4.78, 5) is 41.0. The van der Waals surface area contributed by atoms with Gasteiger partial charge in [0.2, 0.25) is 5.91 Å². The Labute approximate surface area is 216 Å². The summed E-state index contributed by atoms with van der Waals surface area (Å²) in [5.74, 6) is 0.0634. The predicted molar refractivity (Wildman–Crippen MR) is 143 cm³/mol. The lowest BCUT2D eigenvalue weighted by Crippen LogP contribution is -2.41. The highest BCUT2D eigenvalue weighted by Gasteiger charge is 2.19. The van der Waals surface area contributed by atoms with Crippen molar-refractivity contribution in [1.29, 1.82) is 0 Å². The molecule has 3 rings (SSSR count). The molecule has 37 heavy (non-hydrogen) atoms. The van der Waals surface area contributed by atoms with E-state index in [1.807, 2.05) is 0 Å². The Morgan fingerprint density at radius 2 is 1.70 bits per heavy atom. The van der Waals surface area contributed by atoms with Gasteiger partial charge in [0.1, 0.15) is 0 Å². The minimum Gasteiger partial charge on any atom is -0.493 e. The zero-order valence-electron chi connectivity index (χ0n) is 21.9. The number of methoxy groups -OCH3 is 2. The number of likely N-dealkylation sites (N-methyl/N-ethyl adjacent to an activating group) is 1. The van der Waals surface area contributed by atoms with Crippen LogP contribution in [0.15, 0.2) is 47.3 Å². The number of nitrogens with zero attached hydrogens (tertiary/aromatic N) is 3. The highest BCUT2D eigenvalue weighted by Crippen LogP contribution is 2.28. The van der Waals surface area contributed by atoms with Crippen LogP contribution in [-0.4, -0.2) is 73.4 Å². The number of hydrogen-bond acceptors (Lipinski definition) is 7. The van der Waals surface area contributed by atoms with Gasteiger partial charge in [-0.05, 0) is 37.7 Å². The fourth-order valence-electron chi connectivity index (χ4n) is 3.96. The molecule has 2 aromatic carbocycles. The highest BCUT2D eigenvalue weighted by molar-refractivity contribution is 6.05. The molecule has 0 radical (unpaired) electrons. The first-order chi connectivity index (χ1) is 17.9. The molecular weight excluding hydrogens is 474 g/mol. The summed E-state index contributed by atoms with van der Waals surface area (Å²) in [6.45, 7) is 7.20. The van der Waals surface area contributed by atoms with Gasteiger partial charge in [-0.15, -0.1) is 0 Å². The van der Waals surface area contributed by atoms with Crippen molar-refractivity contribution in [2.45, 2.75) is 26.7 Å². The zero-order chi connectivity index (χ0) is 26.8. The van der Waals surface area contributed by atoms with Crippen LogP contribution < -0.4 is 25.7 Å². The number of benzene rings is 2. The van der Waals surface area contributed by atoms with Crippen LogP contribution >= 0.6 is 0 Å². The molecule has 0 fully saturated rings. The van der Waals surface area contributed by atoms with Crippen LogP contribution in [0, 0.1) is 0 Å². The average molecular weight is 510 g/mol. The molecule has 198 valence electrons. The summed E-state index contributed by atoms with van der Waals surface area (Å²) in [5.41, 5.74) is 0.0546. The molecule has 0 bridgehead atoms. The molecule has 0 unspecified atom stereocenters. The van der Waals surface area contributed by atoms with Crippen LogP contribution in [0.2, 0.25) is 0 Å². The lowest BCUT2D eigenvalue weighted by molar-refractivity contribution is -0.120. The number of aromatic nitrogens is 2. The van der Waals surface area contributed by atoms with Crippen LogP contribution in [0.25, 0.3) is 16.5 Å². The van der Waals surface area contributed by atoms with E-state index in [2.05, 4.69) is 34.5 Å². The van der Waals surface area contributed by atoms with Crippen molar-refractivity contribution in [2.24, 2.45) is 0 Å². The molecule has 2 amide bonds. The van der Waals surface area contributed by atoms with Gasteiger partial charge in [0.05, 0.1) is 31.8 Å². The number of rotatable bonds is 13. The van der Waals surface area contributed by atoms with Crippen LogP contribution in [-0.2, 0) is 4.79 Å². The second-order valence-corrected chi connectivity index (χ2v) is 8.47. The third-order valence-corrected chi connectivity index (χ3v) is 6.07. The lowest BCUT2D eigenvalue weighted by Gasteiger charge is -2.20. The van der Waals surface area contributed by atoms with E-state index in [-0.39, 0.29) is 23.7 Å². The number of nitrogens with one attached hydrogen (secondary N) is 2. The lowest BCUT2D eigenvalue weighted by atomic mass is 10.1. The largest absolute Gasteiger partial charge is 0.493 e. The number of hydrogen-bond donors (Lipinski definition) is 2. The molecule has 0 saturated carbocycles. The molecule has 0 atom stereocenters. The van der Waals surface area contributed by atoms with Crippen molar-refractivity contribution in [2.75, 3.05) is 46.9 Å². The van der Waals surface area contributed by atoms with E-state index in [0.29, 0.717) is 34.5 Å². The maximum absolute atomic E-state index is 13.2. The Bertz CT molecular complexity index is 1290. The van der Waals surface area contributed by atoms with Gasteiger partial charge in [0.25, 0.3) is 11.5 Å². The smallest absolute Gasteiger partial charge is 0.279 e. The van der Waals surface area contributed by atoms with E-state index in [1.54, 1.807) is 42.5 Å². The Balaban J connectivity index is 1.78. The normalized spacial score (nSPS) is 10.9. The molecule has 3 aromatic rings. The molecule has 0 aliphatic rings. The minimum atomic E-state index is -0.557. The van der Waals surface area contributed by atoms with E-state index < -0.39 is 5.91 Å². The standard InChI is InChI=1S/C27H35N5O5/c1-5-7-15-31(6-2)16-14-28-24(33)18-29-26(34)25-20-10-8-9-11-21(20)27(35)32(30-25)19-12-13-22(36-3)23(17-19)37-4/h8-13,17H,5-7,14-16,18H2,1-4H3,(H,28,33)(H,29,34). The summed E-state index contributed by atoms with van der Waals surface area (Å²) in [5, 5.41) is 10.6. The van der Waals surface area contributed by atoms with Crippen molar-refractivity contribution >= 4 is 22.6 Å². The first kappa shape index (κ1) is 27.7. The summed E-state index contributed by atoms with van der Waals surface area (Å²) >= 11 is 0. The van der Waals surface area contributed by atoms with Crippen LogP contribution in [0.4, 0.5) is 0 Å². The number of ether oxygens (including phenoxy) is 2. The van der Waals surface area contributed by atoms with E-state index in [9.17, 15) is 14.4 Å². The summed E-state index contributed by atoms with van der Waals surface area (Å²) in [6.07, 6.45) is 2.24. The van der Waals surface area contributed by atoms with Gasteiger partial charge >= 0.3 is 0 Å². The van der Waals surface area contributed by atoms with Gasteiger partial charge in [-0.25, -0.2) is 0 Å². The maximum Gasteiger partial charge on any atom is 0.279 e. The van der Waals surface area contributed by atoms with E-state index in [1.165, 1.54) is 14.2 Å². The first-order valence-corrected chi connectivity index (χ1v) is 12.4. The molecule has 0 aliphatic carbocycles. The zero-order valence-corrected chi connectivity index (χ0v) is 21.9. The third kappa shape index (κ3) is 6.85. The average Bonchev–Trinajstić information content (AvgIpc) is 2.93. The fraction of sp³-hybridized carbons (Fsp3) is 0.407.